The minimum atomic E-state index is -0.986. The predicted molar refractivity (Wildman–Crippen MR) is 139 cm³/mol. The van der Waals surface area contributed by atoms with E-state index in [9.17, 15) is 4.79 Å². The maximum Gasteiger partial charge on any atom is 0.335 e. The molecule has 3 aromatic carbocycles. The highest BCUT2D eigenvalue weighted by atomic mass is 16.5. The minimum absolute atomic E-state index is 0.0635. The molecule has 8 N–H and O–H groups in total. The molecule has 0 aliphatic heterocycles. The van der Waals surface area contributed by atoms with Crippen LogP contribution in [0.25, 0.3) is 0 Å². The van der Waals surface area contributed by atoms with Crippen LogP contribution in [0.15, 0.2) is 72.8 Å². The van der Waals surface area contributed by atoms with Gasteiger partial charge in [-0.25, -0.2) is 4.79 Å². The number of carbonyl (C=O) groups is 1. The van der Waals surface area contributed by atoms with E-state index in [1.165, 1.54) is 24.3 Å². The molecule has 0 saturated heterocycles. The van der Waals surface area contributed by atoms with Crippen molar-refractivity contribution in [2.45, 2.75) is 25.7 Å². The van der Waals surface area contributed by atoms with Crippen molar-refractivity contribution >= 4 is 17.6 Å². The largest absolute Gasteiger partial charge is 0.508 e. The van der Waals surface area contributed by atoms with E-state index in [0.29, 0.717) is 24.3 Å². The standard InChI is InChI=1S/C20H26N4O2.C7H6O3/c21-19(22)15-5-9-17(10-6-15)25-13-3-1-2-4-14-26-18-11-7-16(8-12-18)20(23)24;8-6-3-1-5(2-4-6)7(9)10/h5-12H,1-4,13-14H2,(H3,21,22)(H3,23,24);1-4,8H,(H,9,10). The third-order valence-electron chi connectivity index (χ3n) is 5.02. The summed E-state index contributed by atoms with van der Waals surface area (Å²) in [4.78, 5) is 10.2. The maximum absolute atomic E-state index is 10.2. The Hall–Kier alpha value is -4.53. The number of aromatic hydroxyl groups is 1. The van der Waals surface area contributed by atoms with E-state index in [0.717, 1.165) is 37.2 Å². The van der Waals surface area contributed by atoms with Gasteiger partial charge in [0.15, 0.2) is 0 Å². The Morgan fingerprint density at radius 1 is 0.639 bits per heavy atom. The first-order valence-corrected chi connectivity index (χ1v) is 11.4. The number of nitrogen functional groups attached to an aromatic ring is 2. The zero-order chi connectivity index (χ0) is 26.3. The fourth-order valence-corrected chi connectivity index (χ4v) is 3.00. The number of hydrogen-bond acceptors (Lipinski definition) is 6. The van der Waals surface area contributed by atoms with Crippen LogP contribution in [-0.4, -0.2) is 41.1 Å². The van der Waals surface area contributed by atoms with Crippen molar-refractivity contribution < 1.29 is 24.5 Å². The molecule has 0 radical (unpaired) electrons. The van der Waals surface area contributed by atoms with Gasteiger partial charge in [0.05, 0.1) is 18.8 Å². The third kappa shape index (κ3) is 10.2. The lowest BCUT2D eigenvalue weighted by molar-refractivity contribution is 0.0697. The number of nitrogens with two attached hydrogens (primary N) is 2. The number of aromatic carboxylic acids is 1. The molecule has 3 rings (SSSR count). The first kappa shape index (κ1) is 27.7. The molecule has 0 amide bonds. The minimum Gasteiger partial charge on any atom is -0.508 e. The van der Waals surface area contributed by atoms with Crippen LogP contribution in [-0.2, 0) is 0 Å². The van der Waals surface area contributed by atoms with E-state index in [1.54, 1.807) is 24.3 Å². The Morgan fingerprint density at radius 3 is 1.33 bits per heavy atom. The van der Waals surface area contributed by atoms with Crippen molar-refractivity contribution in [3.63, 3.8) is 0 Å². The molecule has 0 saturated carbocycles. The van der Waals surface area contributed by atoms with E-state index < -0.39 is 5.97 Å². The fourth-order valence-electron chi connectivity index (χ4n) is 3.00. The summed E-state index contributed by atoms with van der Waals surface area (Å²) in [7, 11) is 0. The summed E-state index contributed by atoms with van der Waals surface area (Å²) in [5.41, 5.74) is 12.4. The third-order valence-corrected chi connectivity index (χ3v) is 5.02. The quantitative estimate of drug-likeness (QED) is 0.124. The number of phenolic OH excluding ortho intramolecular Hbond substituents is 1. The van der Waals surface area contributed by atoms with Gasteiger partial charge in [-0.05, 0) is 98.5 Å². The number of carboxylic acids is 1. The summed E-state index contributed by atoms with van der Waals surface area (Å²) in [5, 5.41) is 31.8. The van der Waals surface area contributed by atoms with Crippen LogP contribution in [0.5, 0.6) is 17.2 Å². The van der Waals surface area contributed by atoms with E-state index in [2.05, 4.69) is 0 Å². The van der Waals surface area contributed by atoms with Gasteiger partial charge < -0.3 is 31.2 Å². The predicted octanol–water partition coefficient (Wildman–Crippen LogP) is 4.36. The monoisotopic (exact) mass is 492 g/mol. The lowest BCUT2D eigenvalue weighted by Gasteiger charge is -2.08. The number of carboxylic acid groups (broad SMARTS) is 1. The van der Waals surface area contributed by atoms with Gasteiger partial charge in [-0.3, -0.25) is 10.8 Å². The van der Waals surface area contributed by atoms with E-state index in [-0.39, 0.29) is 23.0 Å². The molecule has 0 fully saturated rings. The number of amidine groups is 2. The first-order chi connectivity index (χ1) is 17.3. The van der Waals surface area contributed by atoms with Crippen molar-refractivity contribution in [1.29, 1.82) is 10.8 Å². The Morgan fingerprint density at radius 2 is 1.00 bits per heavy atom. The highest BCUT2D eigenvalue weighted by Crippen LogP contribution is 2.14. The summed E-state index contributed by atoms with van der Waals surface area (Å²) < 4.78 is 11.4. The molecule has 0 aromatic heterocycles. The molecule has 0 bridgehead atoms. The summed E-state index contributed by atoms with van der Waals surface area (Å²) in [5.74, 6) is 0.812. The van der Waals surface area contributed by atoms with E-state index >= 15 is 0 Å². The molecular formula is C27H32N4O5. The van der Waals surface area contributed by atoms with Gasteiger partial charge >= 0.3 is 5.97 Å². The molecule has 36 heavy (non-hydrogen) atoms. The molecule has 9 heteroatoms. The summed E-state index contributed by atoms with van der Waals surface area (Å²) in [6, 6.07) is 19.9. The highest BCUT2D eigenvalue weighted by Gasteiger charge is 2.01. The zero-order valence-corrected chi connectivity index (χ0v) is 19.9. The van der Waals surface area contributed by atoms with Crippen molar-refractivity contribution in [3.05, 3.63) is 89.5 Å². The van der Waals surface area contributed by atoms with Gasteiger partial charge in [-0.15, -0.1) is 0 Å². The van der Waals surface area contributed by atoms with Gasteiger partial charge in [0, 0.05) is 11.1 Å². The fraction of sp³-hybridized carbons (Fsp3) is 0.222. The molecule has 0 spiro atoms. The lowest BCUT2D eigenvalue weighted by atomic mass is 10.2. The molecule has 3 aromatic rings. The van der Waals surface area contributed by atoms with Crippen molar-refractivity contribution in [2.75, 3.05) is 13.2 Å². The zero-order valence-electron chi connectivity index (χ0n) is 19.9. The Labute approximate surface area is 210 Å². The summed E-state index contributed by atoms with van der Waals surface area (Å²) in [6.45, 7) is 1.35. The van der Waals surface area contributed by atoms with Crippen LogP contribution in [0.4, 0.5) is 0 Å². The normalized spacial score (nSPS) is 10.0. The number of nitrogens with one attached hydrogen (secondary N) is 2. The molecular weight excluding hydrogens is 460 g/mol. The highest BCUT2D eigenvalue weighted by molar-refractivity contribution is 5.95. The molecule has 190 valence electrons. The molecule has 9 nitrogen and oxygen atoms in total. The van der Waals surface area contributed by atoms with Crippen molar-refractivity contribution in [3.8, 4) is 17.2 Å². The Balaban J connectivity index is 0.000000380. The Kier molecular flexibility index (Phi) is 11.3. The molecule has 0 heterocycles. The van der Waals surface area contributed by atoms with Crippen molar-refractivity contribution in [2.24, 2.45) is 11.5 Å². The van der Waals surface area contributed by atoms with Crippen molar-refractivity contribution in [1.82, 2.24) is 0 Å². The maximum atomic E-state index is 10.2. The second-order valence-electron chi connectivity index (χ2n) is 7.84. The number of benzene rings is 3. The average Bonchev–Trinajstić information content (AvgIpc) is 2.87. The first-order valence-electron chi connectivity index (χ1n) is 11.4. The van der Waals surface area contributed by atoms with Gasteiger partial charge in [-0.1, -0.05) is 0 Å². The second kappa shape index (κ2) is 14.7. The van der Waals surface area contributed by atoms with Crippen LogP contribution in [0.1, 0.15) is 47.2 Å². The number of rotatable bonds is 12. The molecule has 0 atom stereocenters. The lowest BCUT2D eigenvalue weighted by Crippen LogP contribution is -2.10. The van der Waals surface area contributed by atoms with Gasteiger partial charge in [0.2, 0.25) is 0 Å². The number of unbranched alkanes of at least 4 members (excludes halogenated alkanes) is 3. The molecule has 0 aliphatic carbocycles. The summed E-state index contributed by atoms with van der Waals surface area (Å²) in [6.07, 6.45) is 4.14. The van der Waals surface area contributed by atoms with E-state index in [1.807, 2.05) is 24.3 Å². The number of ether oxygens (including phenoxy) is 2. The molecule has 0 aliphatic rings. The van der Waals surface area contributed by atoms with Gasteiger partial charge in [-0.2, -0.15) is 0 Å². The van der Waals surface area contributed by atoms with Gasteiger partial charge in [0.1, 0.15) is 28.9 Å². The summed E-state index contributed by atoms with van der Waals surface area (Å²) >= 11 is 0. The van der Waals surface area contributed by atoms with Crippen LogP contribution in [0, 0.1) is 10.8 Å². The van der Waals surface area contributed by atoms with Crippen LogP contribution >= 0.6 is 0 Å². The number of hydrogen-bond donors (Lipinski definition) is 6. The Bertz CT molecular complexity index is 1050. The van der Waals surface area contributed by atoms with Crippen LogP contribution in [0.3, 0.4) is 0 Å². The molecule has 0 unspecified atom stereocenters. The van der Waals surface area contributed by atoms with Gasteiger partial charge in [0.25, 0.3) is 0 Å². The second-order valence-corrected chi connectivity index (χ2v) is 7.84. The van der Waals surface area contributed by atoms with E-state index in [4.69, 9.17) is 42.0 Å². The van der Waals surface area contributed by atoms with Crippen LogP contribution < -0.4 is 20.9 Å². The smallest absolute Gasteiger partial charge is 0.335 e. The SMILES string of the molecule is N=C(N)c1ccc(OCCCCCCOc2ccc(C(=N)N)cc2)cc1.O=C(O)c1ccc(O)cc1. The topological polar surface area (TPSA) is 176 Å². The average molecular weight is 493 g/mol. The number of phenols is 1. The van der Waals surface area contributed by atoms with Crippen LogP contribution in [0.2, 0.25) is 0 Å².